The molecule has 3 rings (SSSR count). The lowest BCUT2D eigenvalue weighted by molar-refractivity contribution is -0.116. The molecule has 0 unspecified atom stereocenters. The molecule has 0 radical (unpaired) electrons. The van der Waals surface area contributed by atoms with Gasteiger partial charge in [0.1, 0.15) is 5.82 Å². The van der Waals surface area contributed by atoms with Crippen LogP contribution in [0.3, 0.4) is 0 Å². The van der Waals surface area contributed by atoms with Gasteiger partial charge in [-0.15, -0.1) is 0 Å². The number of aromatic amines is 1. The van der Waals surface area contributed by atoms with Gasteiger partial charge in [-0.2, -0.15) is 9.78 Å². The third-order valence-corrected chi connectivity index (χ3v) is 4.66. The lowest BCUT2D eigenvalue weighted by Crippen LogP contribution is -2.19. The van der Waals surface area contributed by atoms with Crippen LogP contribution in [-0.2, 0) is 4.79 Å². The quantitative estimate of drug-likeness (QED) is 0.873. The Labute approximate surface area is 146 Å². The number of nitrogens with zero attached hydrogens (tertiary/aromatic N) is 3. The molecule has 7 heteroatoms. The number of H-pyrrole nitrogens is 1. The van der Waals surface area contributed by atoms with Crippen LogP contribution < -0.4 is 10.9 Å². The van der Waals surface area contributed by atoms with Crippen LogP contribution >= 0.6 is 0 Å². The number of amides is 1. The fraction of sp³-hybridized carbons (Fsp3) is 0.556. The minimum absolute atomic E-state index is 0.0262. The van der Waals surface area contributed by atoms with E-state index in [0.29, 0.717) is 29.8 Å². The van der Waals surface area contributed by atoms with Crippen molar-refractivity contribution in [2.45, 2.75) is 58.8 Å². The summed E-state index contributed by atoms with van der Waals surface area (Å²) in [6.07, 6.45) is 7.79. The van der Waals surface area contributed by atoms with Gasteiger partial charge in [-0.1, -0.05) is 32.1 Å². The molecule has 0 bridgehead atoms. The molecule has 25 heavy (non-hydrogen) atoms. The van der Waals surface area contributed by atoms with Crippen molar-refractivity contribution in [3.8, 4) is 5.95 Å². The van der Waals surface area contributed by atoms with Crippen LogP contribution in [0.1, 0.15) is 56.3 Å². The minimum Gasteiger partial charge on any atom is -0.310 e. The van der Waals surface area contributed by atoms with Crippen LogP contribution in [-0.4, -0.2) is 25.7 Å². The minimum atomic E-state index is -0.245. The van der Waals surface area contributed by atoms with Crippen molar-refractivity contribution >= 4 is 11.7 Å². The lowest BCUT2D eigenvalue weighted by Gasteiger charge is -2.21. The fourth-order valence-corrected chi connectivity index (χ4v) is 3.43. The van der Waals surface area contributed by atoms with Gasteiger partial charge in [-0.25, -0.2) is 4.98 Å². The highest BCUT2D eigenvalue weighted by molar-refractivity contribution is 5.90. The first-order valence-corrected chi connectivity index (χ1v) is 8.96. The summed E-state index contributed by atoms with van der Waals surface area (Å²) in [5.41, 5.74) is 1.10. The topological polar surface area (TPSA) is 92.7 Å². The molecule has 0 spiro atoms. The van der Waals surface area contributed by atoms with Gasteiger partial charge < -0.3 is 5.32 Å². The standard InChI is InChI=1S/C18H25N5O2/c1-12-11-17(25)21-18(19-12)23-15(10-13(2)22-23)20-16(24)9-8-14-6-4-3-5-7-14/h10-11,14H,3-9H2,1-2H3,(H,20,24)(H,19,21,25). The predicted molar refractivity (Wildman–Crippen MR) is 95.9 cm³/mol. The highest BCUT2D eigenvalue weighted by Crippen LogP contribution is 2.27. The van der Waals surface area contributed by atoms with Gasteiger partial charge in [-0.05, 0) is 26.2 Å². The fourth-order valence-electron chi connectivity index (χ4n) is 3.43. The molecule has 1 aliphatic rings. The van der Waals surface area contributed by atoms with Gasteiger partial charge >= 0.3 is 0 Å². The van der Waals surface area contributed by atoms with Crippen LogP contribution in [0.5, 0.6) is 0 Å². The van der Waals surface area contributed by atoms with Gasteiger partial charge in [0, 0.05) is 24.2 Å². The van der Waals surface area contributed by atoms with Gasteiger partial charge in [-0.3, -0.25) is 14.6 Å². The van der Waals surface area contributed by atoms with Crippen molar-refractivity contribution in [1.29, 1.82) is 0 Å². The highest BCUT2D eigenvalue weighted by Gasteiger charge is 2.17. The second-order valence-corrected chi connectivity index (χ2v) is 6.88. The Bertz CT molecular complexity index is 802. The van der Waals surface area contributed by atoms with Crippen molar-refractivity contribution < 1.29 is 4.79 Å². The van der Waals surface area contributed by atoms with Crippen LogP contribution in [0, 0.1) is 19.8 Å². The van der Waals surface area contributed by atoms with E-state index in [1.165, 1.54) is 42.9 Å². The Morgan fingerprint density at radius 2 is 2.00 bits per heavy atom. The number of aromatic nitrogens is 4. The van der Waals surface area contributed by atoms with E-state index in [2.05, 4.69) is 20.4 Å². The Hall–Kier alpha value is -2.44. The Morgan fingerprint density at radius 1 is 1.24 bits per heavy atom. The molecule has 2 N–H and O–H groups in total. The largest absolute Gasteiger partial charge is 0.310 e. The van der Waals surface area contributed by atoms with Crippen LogP contribution in [0.25, 0.3) is 5.95 Å². The van der Waals surface area contributed by atoms with E-state index in [1.54, 1.807) is 13.0 Å². The van der Waals surface area contributed by atoms with Crippen molar-refractivity contribution in [3.63, 3.8) is 0 Å². The molecule has 2 aromatic rings. The molecule has 0 aromatic carbocycles. The molecule has 1 saturated carbocycles. The summed E-state index contributed by atoms with van der Waals surface area (Å²) in [5, 5.41) is 7.24. The Morgan fingerprint density at radius 3 is 2.72 bits per heavy atom. The van der Waals surface area contributed by atoms with E-state index in [-0.39, 0.29) is 11.5 Å². The van der Waals surface area contributed by atoms with Gasteiger partial charge in [0.2, 0.25) is 11.9 Å². The summed E-state index contributed by atoms with van der Waals surface area (Å²) in [4.78, 5) is 31.0. The first-order valence-electron chi connectivity index (χ1n) is 8.96. The molecule has 1 fully saturated rings. The molecule has 0 aliphatic heterocycles. The van der Waals surface area contributed by atoms with Crippen LogP contribution in [0.2, 0.25) is 0 Å². The number of nitrogens with one attached hydrogen (secondary N) is 2. The average Bonchev–Trinajstić information content (AvgIpc) is 2.93. The molecule has 0 atom stereocenters. The third kappa shape index (κ3) is 4.55. The van der Waals surface area contributed by atoms with Gasteiger partial charge in [0.25, 0.3) is 5.56 Å². The van der Waals surface area contributed by atoms with E-state index < -0.39 is 0 Å². The normalized spacial score (nSPS) is 15.3. The van der Waals surface area contributed by atoms with Crippen molar-refractivity contribution in [2.24, 2.45) is 5.92 Å². The Kier molecular flexibility index (Phi) is 5.31. The summed E-state index contributed by atoms with van der Waals surface area (Å²) >= 11 is 0. The molecule has 1 aliphatic carbocycles. The van der Waals surface area contributed by atoms with E-state index in [0.717, 1.165) is 12.1 Å². The highest BCUT2D eigenvalue weighted by atomic mass is 16.1. The maximum atomic E-state index is 12.3. The monoisotopic (exact) mass is 343 g/mol. The van der Waals surface area contributed by atoms with Crippen molar-refractivity contribution in [3.05, 3.63) is 33.9 Å². The zero-order valence-electron chi connectivity index (χ0n) is 14.8. The SMILES string of the molecule is Cc1cc(=O)[nH]c(-n2nc(C)cc2NC(=O)CCC2CCCCC2)n1. The zero-order chi connectivity index (χ0) is 17.8. The maximum absolute atomic E-state index is 12.3. The number of aryl methyl sites for hydroxylation is 2. The molecule has 0 saturated heterocycles. The Balaban J connectivity index is 1.70. The summed E-state index contributed by atoms with van der Waals surface area (Å²) in [6.45, 7) is 3.58. The number of rotatable bonds is 5. The smallest absolute Gasteiger partial charge is 0.252 e. The second-order valence-electron chi connectivity index (χ2n) is 6.88. The zero-order valence-corrected chi connectivity index (χ0v) is 14.8. The van der Waals surface area contributed by atoms with E-state index in [9.17, 15) is 9.59 Å². The first-order chi connectivity index (χ1) is 12.0. The maximum Gasteiger partial charge on any atom is 0.252 e. The third-order valence-electron chi connectivity index (χ3n) is 4.66. The van der Waals surface area contributed by atoms with E-state index >= 15 is 0 Å². The average molecular weight is 343 g/mol. The number of hydrogen-bond acceptors (Lipinski definition) is 4. The molecular weight excluding hydrogens is 318 g/mol. The van der Waals surface area contributed by atoms with E-state index in [1.807, 2.05) is 6.92 Å². The summed E-state index contributed by atoms with van der Waals surface area (Å²) in [7, 11) is 0. The lowest BCUT2D eigenvalue weighted by atomic mass is 9.86. The van der Waals surface area contributed by atoms with E-state index in [4.69, 9.17) is 0 Å². The number of hydrogen-bond donors (Lipinski definition) is 2. The molecular formula is C18H25N5O2. The van der Waals surface area contributed by atoms with Crippen molar-refractivity contribution in [1.82, 2.24) is 19.7 Å². The number of carbonyl (C=O) groups is 1. The molecule has 134 valence electrons. The molecule has 2 heterocycles. The van der Waals surface area contributed by atoms with Gasteiger partial charge in [0.05, 0.1) is 5.69 Å². The number of carbonyl (C=O) groups excluding carboxylic acids is 1. The summed E-state index contributed by atoms with van der Waals surface area (Å²) in [6, 6.07) is 3.20. The summed E-state index contributed by atoms with van der Waals surface area (Å²) in [5.74, 6) is 1.48. The second kappa shape index (κ2) is 7.63. The van der Waals surface area contributed by atoms with Crippen molar-refractivity contribution in [2.75, 3.05) is 5.32 Å². The van der Waals surface area contributed by atoms with Crippen LogP contribution in [0.15, 0.2) is 16.9 Å². The molecule has 2 aromatic heterocycles. The molecule has 7 nitrogen and oxygen atoms in total. The predicted octanol–water partition coefficient (Wildman–Crippen LogP) is 2.87. The first kappa shape index (κ1) is 17.4. The van der Waals surface area contributed by atoms with Gasteiger partial charge in [0.15, 0.2) is 0 Å². The number of anilines is 1. The van der Waals surface area contributed by atoms with Crippen LogP contribution in [0.4, 0.5) is 5.82 Å². The molecule has 1 amide bonds. The summed E-state index contributed by atoms with van der Waals surface area (Å²) < 4.78 is 1.47.